The fourth-order valence-electron chi connectivity index (χ4n) is 5.28. The van der Waals surface area contributed by atoms with E-state index in [0.29, 0.717) is 5.88 Å². The van der Waals surface area contributed by atoms with Crippen LogP contribution in [0.3, 0.4) is 0 Å². The summed E-state index contributed by atoms with van der Waals surface area (Å²) >= 11 is 0. The van der Waals surface area contributed by atoms with Gasteiger partial charge in [0.1, 0.15) is 5.75 Å². The van der Waals surface area contributed by atoms with Gasteiger partial charge in [0.15, 0.2) is 6.23 Å². The molecule has 1 unspecified atom stereocenters. The second kappa shape index (κ2) is 11.0. The number of aromatic nitrogens is 3. The van der Waals surface area contributed by atoms with Crippen LogP contribution >= 0.6 is 0 Å². The van der Waals surface area contributed by atoms with Crippen LogP contribution in [-0.2, 0) is 4.74 Å². The third kappa shape index (κ3) is 4.98. The molecule has 1 atom stereocenters. The second-order valence-electron chi connectivity index (χ2n) is 9.55. The largest absolute Gasteiger partial charge is 0.439 e. The number of pyridine rings is 1. The van der Waals surface area contributed by atoms with Crippen LogP contribution in [0.1, 0.15) is 55.5 Å². The Balaban J connectivity index is 1.45. The highest BCUT2D eigenvalue weighted by Crippen LogP contribution is 2.37. The third-order valence-corrected chi connectivity index (χ3v) is 7.07. The molecule has 1 fully saturated rings. The van der Waals surface area contributed by atoms with Gasteiger partial charge in [-0.05, 0) is 83.9 Å². The van der Waals surface area contributed by atoms with E-state index in [-0.39, 0.29) is 6.23 Å². The highest BCUT2D eigenvalue weighted by atomic mass is 16.5. The maximum atomic E-state index is 6.07. The molecule has 0 spiro atoms. The Morgan fingerprint density at radius 1 is 0.895 bits per heavy atom. The summed E-state index contributed by atoms with van der Waals surface area (Å²) < 4.78 is 14.1. The Morgan fingerprint density at radius 2 is 1.76 bits per heavy atom. The molecular weight excluding hydrogens is 470 g/mol. The van der Waals surface area contributed by atoms with E-state index in [1.807, 2.05) is 41.2 Å². The second-order valence-corrected chi connectivity index (χ2v) is 9.55. The van der Waals surface area contributed by atoms with Gasteiger partial charge in [-0.25, -0.2) is 9.67 Å². The average Bonchev–Trinajstić information content (AvgIpc) is 3.41. The molecule has 190 valence electrons. The standard InChI is InChI=1S/C33H31N3O2/c1-2-29(25-13-10-14-28(22-25)38-31-15-6-8-19-34-31)33(24-11-4-3-5-12-24)26-17-18-30-27(21-26)23-35-36(30)32-16-7-9-20-37-32/h3-6,8,10-15,17-19,21-23,32H,2,7,9,16,20H2,1H3/b33-29-. The molecule has 0 radical (unpaired) electrons. The monoisotopic (exact) mass is 501 g/mol. The van der Waals surface area contributed by atoms with Gasteiger partial charge < -0.3 is 9.47 Å². The van der Waals surface area contributed by atoms with Gasteiger partial charge in [0.05, 0.1) is 11.7 Å². The molecule has 5 nitrogen and oxygen atoms in total. The van der Waals surface area contributed by atoms with Crippen LogP contribution in [-0.4, -0.2) is 21.4 Å². The summed E-state index contributed by atoms with van der Waals surface area (Å²) in [5, 5.41) is 5.84. The number of ether oxygens (including phenoxy) is 2. The lowest BCUT2D eigenvalue weighted by molar-refractivity contribution is -0.0366. The van der Waals surface area contributed by atoms with E-state index >= 15 is 0 Å². The van der Waals surface area contributed by atoms with E-state index in [4.69, 9.17) is 14.6 Å². The van der Waals surface area contributed by atoms with Gasteiger partial charge in [0.2, 0.25) is 5.88 Å². The lowest BCUT2D eigenvalue weighted by atomic mass is 9.88. The molecule has 2 aromatic heterocycles. The van der Waals surface area contributed by atoms with Gasteiger partial charge in [0.25, 0.3) is 0 Å². The molecule has 5 heteroatoms. The highest BCUT2D eigenvalue weighted by Gasteiger charge is 2.20. The number of benzene rings is 3. The first-order valence-electron chi connectivity index (χ1n) is 13.4. The fraction of sp³-hybridized carbons (Fsp3) is 0.212. The zero-order valence-corrected chi connectivity index (χ0v) is 21.6. The summed E-state index contributed by atoms with van der Waals surface area (Å²) in [6, 6.07) is 31.2. The zero-order chi connectivity index (χ0) is 25.7. The number of allylic oxidation sites excluding steroid dienone is 1. The van der Waals surface area contributed by atoms with Crippen LogP contribution in [0.15, 0.2) is 103 Å². The molecular formula is C33H31N3O2. The first kappa shape index (κ1) is 24.1. The highest BCUT2D eigenvalue weighted by molar-refractivity contribution is 6.00. The minimum atomic E-state index is 0.0179. The van der Waals surface area contributed by atoms with E-state index in [1.54, 1.807) is 6.20 Å². The lowest BCUT2D eigenvalue weighted by Gasteiger charge is -2.23. The average molecular weight is 502 g/mol. The molecule has 1 saturated heterocycles. The van der Waals surface area contributed by atoms with E-state index in [2.05, 4.69) is 72.6 Å². The summed E-state index contributed by atoms with van der Waals surface area (Å²) in [7, 11) is 0. The molecule has 0 N–H and O–H groups in total. The predicted molar refractivity (Wildman–Crippen MR) is 152 cm³/mol. The molecule has 0 aliphatic carbocycles. The van der Waals surface area contributed by atoms with Crippen molar-refractivity contribution in [2.45, 2.75) is 38.8 Å². The molecule has 0 amide bonds. The summed E-state index contributed by atoms with van der Waals surface area (Å²) in [6.07, 6.45) is 7.89. The SMILES string of the molecule is CC/C(=C(\c1ccccc1)c1ccc2c(cnn2C2CCCCO2)c1)c1cccc(Oc2ccccn2)c1. The number of hydrogen-bond acceptors (Lipinski definition) is 4. The molecule has 3 heterocycles. The molecule has 3 aromatic carbocycles. The molecule has 5 aromatic rings. The van der Waals surface area contributed by atoms with Crippen molar-refractivity contribution in [3.8, 4) is 11.6 Å². The Hall–Kier alpha value is -4.22. The van der Waals surface area contributed by atoms with Crippen LogP contribution in [0, 0.1) is 0 Å². The van der Waals surface area contributed by atoms with Crippen LogP contribution in [0.25, 0.3) is 22.0 Å². The molecule has 0 bridgehead atoms. The maximum absolute atomic E-state index is 6.07. The van der Waals surface area contributed by atoms with Crippen molar-refractivity contribution in [3.05, 3.63) is 120 Å². The van der Waals surface area contributed by atoms with Crippen molar-refractivity contribution in [2.75, 3.05) is 6.61 Å². The molecule has 1 aliphatic rings. The van der Waals surface area contributed by atoms with Crippen molar-refractivity contribution in [1.82, 2.24) is 14.8 Å². The Bertz CT molecular complexity index is 1550. The minimum absolute atomic E-state index is 0.0179. The number of hydrogen-bond donors (Lipinski definition) is 0. The number of rotatable bonds is 7. The number of nitrogens with zero attached hydrogens (tertiary/aromatic N) is 3. The lowest BCUT2D eigenvalue weighted by Crippen LogP contribution is -2.18. The summed E-state index contributed by atoms with van der Waals surface area (Å²) in [4.78, 5) is 4.31. The van der Waals surface area contributed by atoms with E-state index in [9.17, 15) is 0 Å². The Labute approximate surface area is 223 Å². The van der Waals surface area contributed by atoms with Gasteiger partial charge in [-0.15, -0.1) is 0 Å². The van der Waals surface area contributed by atoms with E-state index in [1.165, 1.54) is 28.7 Å². The van der Waals surface area contributed by atoms with Gasteiger partial charge in [-0.2, -0.15) is 5.10 Å². The van der Waals surface area contributed by atoms with Crippen LogP contribution in [0.2, 0.25) is 0 Å². The molecule has 38 heavy (non-hydrogen) atoms. The van der Waals surface area contributed by atoms with Crippen molar-refractivity contribution >= 4 is 22.0 Å². The van der Waals surface area contributed by atoms with E-state index in [0.717, 1.165) is 48.1 Å². The Kier molecular flexibility index (Phi) is 7.01. The minimum Gasteiger partial charge on any atom is -0.439 e. The molecule has 6 rings (SSSR count). The van der Waals surface area contributed by atoms with E-state index < -0.39 is 0 Å². The van der Waals surface area contributed by atoms with Gasteiger partial charge >= 0.3 is 0 Å². The summed E-state index contributed by atoms with van der Waals surface area (Å²) in [5.41, 5.74) is 7.06. The first-order chi connectivity index (χ1) is 18.8. The van der Waals surface area contributed by atoms with Crippen LogP contribution in [0.4, 0.5) is 0 Å². The topological polar surface area (TPSA) is 49.2 Å². The predicted octanol–water partition coefficient (Wildman–Crippen LogP) is 8.29. The Morgan fingerprint density at radius 3 is 2.55 bits per heavy atom. The maximum Gasteiger partial charge on any atom is 0.219 e. The van der Waals surface area contributed by atoms with Gasteiger partial charge in [-0.3, -0.25) is 0 Å². The quantitative estimate of drug-likeness (QED) is 0.211. The molecule has 0 saturated carbocycles. The van der Waals surface area contributed by atoms with Crippen molar-refractivity contribution in [2.24, 2.45) is 0 Å². The third-order valence-electron chi connectivity index (χ3n) is 7.07. The normalized spacial score (nSPS) is 16.3. The van der Waals surface area contributed by atoms with Crippen LogP contribution < -0.4 is 4.74 Å². The van der Waals surface area contributed by atoms with Crippen LogP contribution in [0.5, 0.6) is 11.6 Å². The molecule has 1 aliphatic heterocycles. The van der Waals surface area contributed by atoms with Gasteiger partial charge in [0, 0.05) is 24.3 Å². The van der Waals surface area contributed by atoms with Crippen molar-refractivity contribution in [1.29, 1.82) is 0 Å². The van der Waals surface area contributed by atoms with Gasteiger partial charge in [-0.1, -0.05) is 61.5 Å². The first-order valence-corrected chi connectivity index (χ1v) is 13.4. The fourth-order valence-corrected chi connectivity index (χ4v) is 5.28. The summed E-state index contributed by atoms with van der Waals surface area (Å²) in [5.74, 6) is 1.35. The van der Waals surface area contributed by atoms with Crippen molar-refractivity contribution < 1.29 is 9.47 Å². The van der Waals surface area contributed by atoms with Crippen molar-refractivity contribution in [3.63, 3.8) is 0 Å². The number of fused-ring (bicyclic) bond motifs is 1. The zero-order valence-electron chi connectivity index (χ0n) is 21.6. The smallest absolute Gasteiger partial charge is 0.219 e. The summed E-state index contributed by atoms with van der Waals surface area (Å²) in [6.45, 7) is 3.01.